The van der Waals surface area contributed by atoms with Gasteiger partial charge in [-0.05, 0) is 51.9 Å². The van der Waals surface area contributed by atoms with Gasteiger partial charge >= 0.3 is 6.09 Å². The Bertz CT molecular complexity index is 411. The molecule has 0 spiro atoms. The van der Waals surface area contributed by atoms with Crippen LogP contribution in [-0.2, 0) is 17.7 Å². The molecule has 19 heavy (non-hydrogen) atoms. The van der Waals surface area contributed by atoms with Crippen LogP contribution in [0.2, 0.25) is 0 Å². The number of hydrogen-bond acceptors (Lipinski definition) is 3. The van der Waals surface area contributed by atoms with Crippen molar-refractivity contribution in [3.63, 3.8) is 0 Å². The predicted molar refractivity (Wildman–Crippen MR) is 77.1 cm³/mol. The van der Waals surface area contributed by atoms with Crippen molar-refractivity contribution >= 4 is 6.09 Å². The van der Waals surface area contributed by atoms with Crippen molar-refractivity contribution < 1.29 is 9.53 Å². The highest BCUT2D eigenvalue weighted by molar-refractivity contribution is 5.67. The molecule has 0 atom stereocenters. The summed E-state index contributed by atoms with van der Waals surface area (Å²) in [7, 11) is 1.94. The minimum absolute atomic E-state index is 0.381. The molecule has 0 aliphatic carbocycles. The molecule has 1 amide bonds. The number of amides is 1. The lowest BCUT2D eigenvalue weighted by Crippen LogP contribution is -2.32. The van der Waals surface area contributed by atoms with Gasteiger partial charge in [-0.25, -0.2) is 4.79 Å². The third kappa shape index (κ3) is 6.82. The van der Waals surface area contributed by atoms with E-state index >= 15 is 0 Å². The highest BCUT2D eigenvalue weighted by Gasteiger charge is 2.15. The molecule has 0 aromatic heterocycles. The lowest BCUT2D eigenvalue weighted by atomic mass is 10.1. The lowest BCUT2D eigenvalue weighted by Gasteiger charge is -2.19. The first-order valence-corrected chi connectivity index (χ1v) is 6.60. The zero-order valence-corrected chi connectivity index (χ0v) is 12.2. The van der Waals surface area contributed by atoms with Crippen LogP contribution in [0.4, 0.5) is 4.79 Å². The summed E-state index contributed by atoms with van der Waals surface area (Å²) < 4.78 is 5.19. The van der Waals surface area contributed by atoms with Gasteiger partial charge in [-0.2, -0.15) is 0 Å². The van der Waals surface area contributed by atoms with Crippen LogP contribution in [0.15, 0.2) is 24.3 Å². The van der Waals surface area contributed by atoms with E-state index in [-0.39, 0.29) is 6.09 Å². The number of ether oxygens (including phenoxy) is 1. The SMILES string of the molecule is CNCCc1cccc(CNC(=O)OC(C)(C)C)c1. The van der Waals surface area contributed by atoms with Gasteiger partial charge in [0, 0.05) is 6.54 Å². The van der Waals surface area contributed by atoms with E-state index in [2.05, 4.69) is 22.8 Å². The van der Waals surface area contributed by atoms with Gasteiger partial charge in [0.05, 0.1) is 0 Å². The standard InChI is InChI=1S/C15H24N2O2/c1-15(2,3)19-14(18)17-11-13-7-5-6-12(10-13)8-9-16-4/h5-7,10,16H,8-9,11H2,1-4H3,(H,17,18). The van der Waals surface area contributed by atoms with Crippen LogP contribution in [0, 0.1) is 0 Å². The third-order valence-corrected chi connectivity index (χ3v) is 2.49. The van der Waals surface area contributed by atoms with Crippen molar-refractivity contribution in [3.8, 4) is 0 Å². The Morgan fingerprint density at radius 3 is 2.58 bits per heavy atom. The fourth-order valence-electron chi connectivity index (χ4n) is 1.65. The van der Waals surface area contributed by atoms with Gasteiger partial charge in [-0.1, -0.05) is 24.3 Å². The van der Waals surface area contributed by atoms with E-state index in [0.29, 0.717) is 6.54 Å². The van der Waals surface area contributed by atoms with Crippen molar-refractivity contribution in [2.45, 2.75) is 39.3 Å². The average Bonchev–Trinajstić information content (AvgIpc) is 2.32. The number of nitrogens with one attached hydrogen (secondary N) is 2. The Morgan fingerprint density at radius 2 is 1.95 bits per heavy atom. The fourth-order valence-corrected chi connectivity index (χ4v) is 1.65. The zero-order valence-electron chi connectivity index (χ0n) is 12.2. The van der Waals surface area contributed by atoms with Crippen LogP contribution in [0.1, 0.15) is 31.9 Å². The van der Waals surface area contributed by atoms with Gasteiger partial charge in [0.15, 0.2) is 0 Å². The number of rotatable bonds is 5. The molecule has 0 fully saturated rings. The number of likely N-dealkylation sites (N-methyl/N-ethyl adjacent to an activating group) is 1. The molecule has 1 aromatic carbocycles. The quantitative estimate of drug-likeness (QED) is 0.859. The van der Waals surface area contributed by atoms with Crippen LogP contribution in [0.25, 0.3) is 0 Å². The van der Waals surface area contributed by atoms with Gasteiger partial charge in [0.2, 0.25) is 0 Å². The minimum atomic E-state index is -0.460. The molecule has 0 unspecified atom stereocenters. The molecular formula is C15H24N2O2. The number of alkyl carbamates (subject to hydrolysis) is 1. The summed E-state index contributed by atoms with van der Waals surface area (Å²) in [5.74, 6) is 0. The van der Waals surface area contributed by atoms with Crippen molar-refractivity contribution in [1.29, 1.82) is 0 Å². The molecule has 106 valence electrons. The molecular weight excluding hydrogens is 240 g/mol. The largest absolute Gasteiger partial charge is 0.444 e. The highest BCUT2D eigenvalue weighted by Crippen LogP contribution is 2.08. The van der Waals surface area contributed by atoms with Gasteiger partial charge in [0.25, 0.3) is 0 Å². The lowest BCUT2D eigenvalue weighted by molar-refractivity contribution is 0.0523. The molecule has 2 N–H and O–H groups in total. The predicted octanol–water partition coefficient (Wildman–Crippen LogP) is 2.47. The Balaban J connectivity index is 2.46. The first-order chi connectivity index (χ1) is 8.90. The molecule has 1 aromatic rings. The van der Waals surface area contributed by atoms with Gasteiger partial charge < -0.3 is 15.4 Å². The molecule has 0 saturated heterocycles. The molecule has 0 radical (unpaired) electrons. The van der Waals surface area contributed by atoms with Crippen molar-refractivity contribution in [3.05, 3.63) is 35.4 Å². The zero-order chi connectivity index (χ0) is 14.3. The molecule has 4 nitrogen and oxygen atoms in total. The Morgan fingerprint density at radius 1 is 1.26 bits per heavy atom. The number of benzene rings is 1. The van der Waals surface area contributed by atoms with Gasteiger partial charge in [-0.15, -0.1) is 0 Å². The van der Waals surface area contributed by atoms with Crippen LogP contribution in [-0.4, -0.2) is 25.3 Å². The van der Waals surface area contributed by atoms with Crippen LogP contribution < -0.4 is 10.6 Å². The van der Waals surface area contributed by atoms with Crippen LogP contribution >= 0.6 is 0 Å². The maximum atomic E-state index is 11.5. The summed E-state index contributed by atoms with van der Waals surface area (Å²) in [5.41, 5.74) is 1.89. The van der Waals surface area contributed by atoms with E-state index in [1.165, 1.54) is 5.56 Å². The minimum Gasteiger partial charge on any atom is -0.444 e. The summed E-state index contributed by atoms with van der Waals surface area (Å²) in [6.45, 7) is 6.99. The summed E-state index contributed by atoms with van der Waals surface area (Å²) in [4.78, 5) is 11.5. The van der Waals surface area contributed by atoms with Crippen molar-refractivity contribution in [1.82, 2.24) is 10.6 Å². The van der Waals surface area contributed by atoms with E-state index in [0.717, 1.165) is 18.5 Å². The molecule has 1 rings (SSSR count). The summed E-state index contributed by atoms with van der Waals surface area (Å²) in [5, 5.41) is 5.88. The van der Waals surface area contributed by atoms with E-state index in [9.17, 15) is 4.79 Å². The Hall–Kier alpha value is -1.55. The van der Waals surface area contributed by atoms with Crippen molar-refractivity contribution in [2.24, 2.45) is 0 Å². The maximum absolute atomic E-state index is 11.5. The molecule has 0 heterocycles. The smallest absolute Gasteiger partial charge is 0.407 e. The molecule has 0 bridgehead atoms. The Labute approximate surface area is 115 Å². The van der Waals surface area contributed by atoms with E-state index in [1.807, 2.05) is 40.0 Å². The summed E-state index contributed by atoms with van der Waals surface area (Å²) >= 11 is 0. The number of carbonyl (C=O) groups excluding carboxylic acids is 1. The second-order valence-corrected chi connectivity index (χ2v) is 5.53. The second-order valence-electron chi connectivity index (χ2n) is 5.53. The normalized spacial score (nSPS) is 11.2. The Kier molecular flexibility index (Phi) is 5.83. The van der Waals surface area contributed by atoms with E-state index < -0.39 is 5.60 Å². The second kappa shape index (κ2) is 7.14. The molecule has 0 saturated carbocycles. The topological polar surface area (TPSA) is 50.4 Å². The number of carbonyl (C=O) groups is 1. The maximum Gasteiger partial charge on any atom is 0.407 e. The first-order valence-electron chi connectivity index (χ1n) is 6.60. The summed E-state index contributed by atoms with van der Waals surface area (Å²) in [6.07, 6.45) is 0.602. The van der Waals surface area contributed by atoms with E-state index in [1.54, 1.807) is 0 Å². The average molecular weight is 264 g/mol. The van der Waals surface area contributed by atoms with Crippen LogP contribution in [0.5, 0.6) is 0 Å². The molecule has 0 aliphatic rings. The van der Waals surface area contributed by atoms with E-state index in [4.69, 9.17) is 4.74 Å². The highest BCUT2D eigenvalue weighted by atomic mass is 16.6. The third-order valence-electron chi connectivity index (χ3n) is 2.49. The molecule has 4 heteroatoms. The van der Waals surface area contributed by atoms with Crippen molar-refractivity contribution in [2.75, 3.05) is 13.6 Å². The van der Waals surface area contributed by atoms with Gasteiger partial charge in [-0.3, -0.25) is 0 Å². The molecule has 0 aliphatic heterocycles. The van der Waals surface area contributed by atoms with Gasteiger partial charge in [0.1, 0.15) is 5.60 Å². The number of hydrogen-bond donors (Lipinski definition) is 2. The summed E-state index contributed by atoms with van der Waals surface area (Å²) in [6, 6.07) is 8.21. The van der Waals surface area contributed by atoms with Crippen LogP contribution in [0.3, 0.4) is 0 Å². The first kappa shape index (κ1) is 15.5. The monoisotopic (exact) mass is 264 g/mol. The fraction of sp³-hybridized carbons (Fsp3) is 0.533.